The molecule has 0 spiro atoms. The Labute approximate surface area is 173 Å². The Bertz CT molecular complexity index is 1320. The first-order chi connectivity index (χ1) is 13.9. The molecule has 0 aliphatic carbocycles. The van der Waals surface area contributed by atoms with Crippen LogP contribution in [0.15, 0.2) is 52.4 Å². The molecule has 0 bridgehead atoms. The molecule has 4 aromatic rings. The molecule has 0 radical (unpaired) electrons. The van der Waals surface area contributed by atoms with Crippen LogP contribution in [0.25, 0.3) is 21.7 Å². The zero-order valence-electron chi connectivity index (χ0n) is 17.0. The van der Waals surface area contributed by atoms with Gasteiger partial charge in [0.25, 0.3) is 5.56 Å². The minimum atomic E-state index is -0.0649. The highest BCUT2D eigenvalue weighted by Crippen LogP contribution is 2.24. The smallest absolute Gasteiger partial charge is 0.262 e. The van der Waals surface area contributed by atoms with Gasteiger partial charge in [-0.25, -0.2) is 4.98 Å². The van der Waals surface area contributed by atoms with Gasteiger partial charge in [-0.1, -0.05) is 36.0 Å². The highest BCUT2D eigenvalue weighted by atomic mass is 32.2. The van der Waals surface area contributed by atoms with E-state index >= 15 is 0 Å². The van der Waals surface area contributed by atoms with E-state index in [4.69, 9.17) is 4.98 Å². The second-order valence-electron chi connectivity index (χ2n) is 7.22. The first-order valence-corrected chi connectivity index (χ1v) is 10.6. The van der Waals surface area contributed by atoms with Gasteiger partial charge in [0.05, 0.1) is 16.7 Å². The zero-order chi connectivity index (χ0) is 20.7. The van der Waals surface area contributed by atoms with Crippen molar-refractivity contribution in [3.05, 3.63) is 69.8 Å². The van der Waals surface area contributed by atoms with Crippen molar-refractivity contribution in [2.24, 2.45) is 7.05 Å². The average Bonchev–Trinajstić information content (AvgIpc) is 2.98. The molecule has 2 heterocycles. The number of thioether (sulfide) groups is 1. The van der Waals surface area contributed by atoms with Gasteiger partial charge in [0.15, 0.2) is 10.9 Å². The van der Waals surface area contributed by atoms with Crippen LogP contribution in [0.4, 0.5) is 0 Å². The number of hydrogen-bond donors (Lipinski definition) is 0. The first kappa shape index (κ1) is 19.5. The van der Waals surface area contributed by atoms with E-state index in [0.717, 1.165) is 27.7 Å². The highest BCUT2D eigenvalue weighted by molar-refractivity contribution is 7.99. The van der Waals surface area contributed by atoms with Crippen LogP contribution in [-0.2, 0) is 13.6 Å². The van der Waals surface area contributed by atoms with Crippen LogP contribution in [-0.4, -0.2) is 25.7 Å². The third-order valence-electron chi connectivity index (χ3n) is 5.51. The number of ketones is 1. The van der Waals surface area contributed by atoms with E-state index in [1.807, 2.05) is 74.9 Å². The molecule has 5 nitrogen and oxygen atoms in total. The molecular formula is C23H23N3O2S. The predicted molar refractivity (Wildman–Crippen MR) is 119 cm³/mol. The number of carbonyl (C=O) groups excluding carboxylic acids is 1. The molecule has 0 fully saturated rings. The average molecular weight is 406 g/mol. The Kier molecular flexibility index (Phi) is 5.04. The fraction of sp³-hybridized carbons (Fsp3) is 0.261. The summed E-state index contributed by atoms with van der Waals surface area (Å²) in [7, 11) is 1.96. The number of aromatic nitrogens is 3. The second kappa shape index (κ2) is 7.52. The molecule has 0 saturated heterocycles. The monoisotopic (exact) mass is 405 g/mol. The summed E-state index contributed by atoms with van der Waals surface area (Å²) in [6.45, 7) is 6.37. The fourth-order valence-electron chi connectivity index (χ4n) is 3.62. The molecule has 0 amide bonds. The van der Waals surface area contributed by atoms with Crippen molar-refractivity contribution in [3.8, 4) is 0 Å². The quantitative estimate of drug-likeness (QED) is 0.212. The number of Topliss-reactive ketones (excluding diaryl/α,β-unsaturated/α-hetero) is 1. The number of nitrogens with zero attached hydrogens (tertiary/aromatic N) is 3. The Morgan fingerprint density at radius 1 is 1.10 bits per heavy atom. The number of benzene rings is 2. The van der Waals surface area contributed by atoms with Crippen LogP contribution in [0.1, 0.15) is 28.7 Å². The zero-order valence-corrected chi connectivity index (χ0v) is 17.8. The van der Waals surface area contributed by atoms with Crippen LogP contribution in [0.5, 0.6) is 0 Å². The van der Waals surface area contributed by atoms with Crippen LogP contribution in [0, 0.1) is 13.8 Å². The van der Waals surface area contributed by atoms with Gasteiger partial charge < -0.3 is 4.57 Å². The minimum Gasteiger partial charge on any atom is -0.351 e. The number of hydrogen-bond acceptors (Lipinski definition) is 4. The highest BCUT2D eigenvalue weighted by Gasteiger charge is 2.17. The summed E-state index contributed by atoms with van der Waals surface area (Å²) < 4.78 is 3.66. The van der Waals surface area contributed by atoms with Crippen LogP contribution >= 0.6 is 11.8 Å². The van der Waals surface area contributed by atoms with Crippen molar-refractivity contribution in [2.75, 3.05) is 5.75 Å². The van der Waals surface area contributed by atoms with Crippen molar-refractivity contribution in [1.82, 2.24) is 14.1 Å². The van der Waals surface area contributed by atoms with Crippen LogP contribution in [0.2, 0.25) is 0 Å². The van der Waals surface area contributed by atoms with Crippen LogP contribution < -0.4 is 5.56 Å². The standard InChI is InChI=1S/C23H23N3O2S/c1-5-26-22(28)19-11-16-8-6-7-9-17(16)12-20(19)24-23(26)29-13-21(27)18-10-14(2)25(4)15(18)3/h6-12H,5,13H2,1-4H3. The number of carbonyl (C=O) groups is 1. The van der Waals surface area contributed by atoms with Gasteiger partial charge in [-0.3, -0.25) is 14.2 Å². The molecule has 4 rings (SSSR count). The maximum Gasteiger partial charge on any atom is 0.262 e. The van der Waals surface area contributed by atoms with E-state index in [0.29, 0.717) is 22.6 Å². The lowest BCUT2D eigenvalue weighted by molar-refractivity contribution is 0.102. The first-order valence-electron chi connectivity index (χ1n) is 9.63. The van der Waals surface area contributed by atoms with Gasteiger partial charge in [-0.2, -0.15) is 0 Å². The Morgan fingerprint density at radius 3 is 2.41 bits per heavy atom. The van der Waals surface area contributed by atoms with Crippen LogP contribution in [0.3, 0.4) is 0 Å². The topological polar surface area (TPSA) is 56.9 Å². The Balaban J connectivity index is 1.72. The van der Waals surface area contributed by atoms with Gasteiger partial charge >= 0.3 is 0 Å². The molecule has 6 heteroatoms. The summed E-state index contributed by atoms with van der Waals surface area (Å²) in [5.74, 6) is 0.294. The van der Waals surface area contributed by atoms with Crippen molar-refractivity contribution < 1.29 is 4.79 Å². The summed E-state index contributed by atoms with van der Waals surface area (Å²) in [5.41, 5.74) is 3.34. The van der Waals surface area contributed by atoms with E-state index in [1.54, 1.807) is 4.57 Å². The van der Waals surface area contributed by atoms with Crippen molar-refractivity contribution in [3.63, 3.8) is 0 Å². The van der Waals surface area contributed by atoms with Gasteiger partial charge in [-0.05, 0) is 49.7 Å². The number of aryl methyl sites for hydroxylation is 1. The molecule has 0 N–H and O–H groups in total. The summed E-state index contributed by atoms with van der Waals surface area (Å²) in [6, 6.07) is 13.7. The SMILES string of the molecule is CCn1c(SCC(=O)c2cc(C)n(C)c2C)nc2cc3ccccc3cc2c1=O. The number of fused-ring (bicyclic) bond motifs is 2. The third kappa shape index (κ3) is 3.38. The number of rotatable bonds is 5. The van der Waals surface area contributed by atoms with E-state index in [1.165, 1.54) is 11.8 Å². The molecule has 0 saturated carbocycles. The van der Waals surface area contributed by atoms with Crippen molar-refractivity contribution in [1.29, 1.82) is 0 Å². The summed E-state index contributed by atoms with van der Waals surface area (Å²) in [5, 5.41) is 3.25. The molecule has 2 aromatic heterocycles. The second-order valence-corrected chi connectivity index (χ2v) is 8.16. The fourth-order valence-corrected chi connectivity index (χ4v) is 4.57. The maximum absolute atomic E-state index is 13.1. The minimum absolute atomic E-state index is 0.0479. The van der Waals surface area contributed by atoms with Crippen molar-refractivity contribution in [2.45, 2.75) is 32.5 Å². The summed E-state index contributed by atoms with van der Waals surface area (Å²) in [6.07, 6.45) is 0. The van der Waals surface area contributed by atoms with Gasteiger partial charge in [0, 0.05) is 30.5 Å². The molecule has 0 unspecified atom stereocenters. The summed E-state index contributed by atoms with van der Waals surface area (Å²) in [4.78, 5) is 30.6. The summed E-state index contributed by atoms with van der Waals surface area (Å²) >= 11 is 1.33. The van der Waals surface area contributed by atoms with Gasteiger partial charge in [0.2, 0.25) is 0 Å². The van der Waals surface area contributed by atoms with E-state index < -0.39 is 0 Å². The molecule has 148 valence electrons. The Morgan fingerprint density at radius 2 is 1.79 bits per heavy atom. The van der Waals surface area contributed by atoms with E-state index in [9.17, 15) is 9.59 Å². The van der Waals surface area contributed by atoms with Gasteiger partial charge in [0.1, 0.15) is 0 Å². The maximum atomic E-state index is 13.1. The van der Waals surface area contributed by atoms with E-state index in [-0.39, 0.29) is 17.1 Å². The molecular weight excluding hydrogens is 382 g/mol. The normalized spacial score (nSPS) is 11.4. The third-order valence-corrected chi connectivity index (χ3v) is 6.49. The molecule has 0 atom stereocenters. The van der Waals surface area contributed by atoms with Crippen molar-refractivity contribution >= 4 is 39.2 Å². The molecule has 2 aromatic carbocycles. The molecule has 0 aliphatic rings. The predicted octanol–water partition coefficient (Wildman–Crippen LogP) is 4.50. The Hall–Kier alpha value is -2.86. The lowest BCUT2D eigenvalue weighted by Gasteiger charge is -2.11. The van der Waals surface area contributed by atoms with Gasteiger partial charge in [-0.15, -0.1) is 0 Å². The largest absolute Gasteiger partial charge is 0.351 e. The molecule has 29 heavy (non-hydrogen) atoms. The lowest BCUT2D eigenvalue weighted by Crippen LogP contribution is -2.23. The lowest BCUT2D eigenvalue weighted by atomic mass is 10.1. The molecule has 0 aliphatic heterocycles. The van der Waals surface area contributed by atoms with E-state index in [2.05, 4.69) is 0 Å².